The summed E-state index contributed by atoms with van der Waals surface area (Å²) in [7, 11) is -3.82. The minimum atomic E-state index is -3.82. The molecule has 1 unspecified atom stereocenters. The zero-order chi connectivity index (χ0) is 14.5. The van der Waals surface area contributed by atoms with Gasteiger partial charge in [0, 0.05) is 18.2 Å². The van der Waals surface area contributed by atoms with Crippen molar-refractivity contribution in [3.63, 3.8) is 0 Å². The Morgan fingerprint density at radius 2 is 1.89 bits per heavy atom. The van der Waals surface area contributed by atoms with E-state index in [0.29, 0.717) is 12.8 Å². The van der Waals surface area contributed by atoms with Crippen LogP contribution in [0, 0.1) is 11.6 Å². The topological polar surface area (TPSA) is 66.4 Å². The van der Waals surface area contributed by atoms with Crippen LogP contribution in [-0.2, 0) is 15.8 Å². The summed E-state index contributed by atoms with van der Waals surface area (Å²) in [6, 6.07) is 2.82. The fourth-order valence-corrected chi connectivity index (χ4v) is 3.13. The van der Waals surface area contributed by atoms with Crippen LogP contribution in [0.1, 0.15) is 25.3 Å². The molecular formula is C12H17F2NO3S. The van der Waals surface area contributed by atoms with Crippen molar-refractivity contribution in [3.8, 4) is 0 Å². The summed E-state index contributed by atoms with van der Waals surface area (Å²) in [5.41, 5.74) is -0.468. The Kier molecular flexibility index (Phi) is 5.84. The lowest BCUT2D eigenvalue weighted by atomic mass is 10.2. The maximum absolute atomic E-state index is 13.4. The van der Waals surface area contributed by atoms with E-state index in [2.05, 4.69) is 4.72 Å². The molecule has 0 radical (unpaired) electrons. The van der Waals surface area contributed by atoms with Crippen molar-refractivity contribution < 1.29 is 22.3 Å². The number of hydrogen-bond acceptors (Lipinski definition) is 3. The van der Waals surface area contributed by atoms with Gasteiger partial charge in [0.1, 0.15) is 11.6 Å². The lowest BCUT2D eigenvalue weighted by molar-refractivity contribution is 0.279. The van der Waals surface area contributed by atoms with Gasteiger partial charge in [0.2, 0.25) is 10.0 Å². The average Bonchev–Trinajstić information content (AvgIpc) is 2.31. The molecule has 0 heterocycles. The number of hydrogen-bond donors (Lipinski definition) is 2. The number of benzene rings is 1. The van der Waals surface area contributed by atoms with E-state index in [1.165, 1.54) is 6.07 Å². The van der Waals surface area contributed by atoms with Gasteiger partial charge < -0.3 is 5.11 Å². The fraction of sp³-hybridized carbons (Fsp3) is 0.500. The minimum Gasteiger partial charge on any atom is -0.396 e. The Bertz CT molecular complexity index is 499. The van der Waals surface area contributed by atoms with E-state index >= 15 is 0 Å². The number of nitrogens with one attached hydrogen (secondary N) is 1. The van der Waals surface area contributed by atoms with Crippen LogP contribution in [0.3, 0.4) is 0 Å². The highest BCUT2D eigenvalue weighted by molar-refractivity contribution is 7.88. The van der Waals surface area contributed by atoms with Crippen molar-refractivity contribution in [2.45, 2.75) is 31.6 Å². The van der Waals surface area contributed by atoms with Gasteiger partial charge in [-0.2, -0.15) is 0 Å². The first kappa shape index (κ1) is 16.0. The molecule has 0 aromatic heterocycles. The predicted octanol–water partition coefficient (Wildman–Crippen LogP) is 1.55. The van der Waals surface area contributed by atoms with E-state index in [-0.39, 0.29) is 6.61 Å². The highest BCUT2D eigenvalue weighted by atomic mass is 32.2. The number of sulfonamides is 1. The molecule has 1 aromatic carbocycles. The number of aliphatic hydroxyl groups is 1. The Morgan fingerprint density at radius 1 is 1.32 bits per heavy atom. The first-order valence-electron chi connectivity index (χ1n) is 5.89. The second kappa shape index (κ2) is 6.93. The summed E-state index contributed by atoms with van der Waals surface area (Å²) in [4.78, 5) is 0. The normalized spacial score (nSPS) is 13.5. The van der Waals surface area contributed by atoms with E-state index in [4.69, 9.17) is 5.11 Å². The van der Waals surface area contributed by atoms with E-state index in [0.717, 1.165) is 12.1 Å². The lowest BCUT2D eigenvalue weighted by Gasteiger charge is -2.14. The van der Waals surface area contributed by atoms with Crippen molar-refractivity contribution in [1.82, 2.24) is 4.72 Å². The number of halogens is 2. The van der Waals surface area contributed by atoms with Crippen LogP contribution in [0.15, 0.2) is 18.2 Å². The van der Waals surface area contributed by atoms with Gasteiger partial charge in [-0.05, 0) is 31.9 Å². The molecule has 19 heavy (non-hydrogen) atoms. The molecule has 0 aliphatic carbocycles. The molecule has 7 heteroatoms. The fourth-order valence-electron chi connectivity index (χ4n) is 1.66. The first-order valence-corrected chi connectivity index (χ1v) is 7.54. The quantitative estimate of drug-likeness (QED) is 0.801. The highest BCUT2D eigenvalue weighted by Gasteiger charge is 2.19. The van der Waals surface area contributed by atoms with E-state index in [1.54, 1.807) is 6.92 Å². The van der Waals surface area contributed by atoms with Gasteiger partial charge in [0.15, 0.2) is 0 Å². The van der Waals surface area contributed by atoms with Crippen molar-refractivity contribution in [2.24, 2.45) is 0 Å². The molecule has 0 saturated carbocycles. The maximum Gasteiger partial charge on any atom is 0.216 e. The summed E-state index contributed by atoms with van der Waals surface area (Å²) in [5, 5.41) is 8.65. The van der Waals surface area contributed by atoms with Gasteiger partial charge in [-0.1, -0.05) is 6.07 Å². The molecule has 0 saturated heterocycles. The van der Waals surface area contributed by atoms with E-state index in [9.17, 15) is 17.2 Å². The van der Waals surface area contributed by atoms with Crippen LogP contribution in [0.25, 0.3) is 0 Å². The smallest absolute Gasteiger partial charge is 0.216 e. The third kappa shape index (κ3) is 5.22. The van der Waals surface area contributed by atoms with Gasteiger partial charge >= 0.3 is 0 Å². The van der Waals surface area contributed by atoms with Gasteiger partial charge in [0.05, 0.1) is 5.75 Å². The lowest BCUT2D eigenvalue weighted by Crippen LogP contribution is -2.34. The van der Waals surface area contributed by atoms with Crippen LogP contribution < -0.4 is 4.72 Å². The maximum atomic E-state index is 13.4. The molecule has 0 bridgehead atoms. The van der Waals surface area contributed by atoms with Crippen molar-refractivity contribution in [2.75, 3.05) is 6.61 Å². The van der Waals surface area contributed by atoms with Crippen LogP contribution in [0.2, 0.25) is 0 Å². The molecule has 0 amide bonds. The molecule has 0 fully saturated rings. The first-order chi connectivity index (χ1) is 8.85. The molecule has 1 aromatic rings. The second-order valence-electron chi connectivity index (χ2n) is 4.34. The molecule has 4 nitrogen and oxygen atoms in total. The highest BCUT2D eigenvalue weighted by Crippen LogP contribution is 2.15. The standard InChI is InChI=1S/C12H17F2NO3S/c1-9(4-3-7-16)15-19(17,18)8-10-11(13)5-2-6-12(10)14/h2,5-6,9,15-16H,3-4,7-8H2,1H3. The summed E-state index contributed by atoms with van der Waals surface area (Å²) >= 11 is 0. The summed E-state index contributed by atoms with van der Waals surface area (Å²) in [5.74, 6) is -2.50. The summed E-state index contributed by atoms with van der Waals surface area (Å²) < 4.78 is 52.6. The molecule has 0 aliphatic heterocycles. The Hall–Kier alpha value is -1.05. The summed E-state index contributed by atoms with van der Waals surface area (Å²) in [6.07, 6.45) is 0.910. The molecule has 1 atom stereocenters. The van der Waals surface area contributed by atoms with Gasteiger partial charge in [-0.15, -0.1) is 0 Å². The van der Waals surface area contributed by atoms with Crippen molar-refractivity contribution in [1.29, 1.82) is 0 Å². The van der Waals surface area contributed by atoms with Gasteiger partial charge in [0.25, 0.3) is 0 Å². The number of aliphatic hydroxyl groups excluding tert-OH is 1. The zero-order valence-corrected chi connectivity index (χ0v) is 11.4. The molecule has 2 N–H and O–H groups in total. The Labute approximate surface area is 111 Å². The molecule has 108 valence electrons. The third-order valence-corrected chi connectivity index (χ3v) is 4.00. The zero-order valence-electron chi connectivity index (χ0n) is 10.6. The Balaban J connectivity index is 2.74. The van der Waals surface area contributed by atoms with Gasteiger partial charge in [-0.25, -0.2) is 21.9 Å². The van der Waals surface area contributed by atoms with Gasteiger partial charge in [-0.3, -0.25) is 0 Å². The summed E-state index contributed by atoms with van der Waals surface area (Å²) in [6.45, 7) is 1.60. The SMILES string of the molecule is CC(CCCO)NS(=O)(=O)Cc1c(F)cccc1F. The second-order valence-corrected chi connectivity index (χ2v) is 6.10. The molecule has 0 aliphatic rings. The van der Waals surface area contributed by atoms with E-state index in [1.807, 2.05) is 0 Å². The van der Waals surface area contributed by atoms with E-state index < -0.39 is 39.0 Å². The van der Waals surface area contributed by atoms with Crippen LogP contribution in [0.4, 0.5) is 8.78 Å². The third-order valence-electron chi connectivity index (χ3n) is 2.57. The largest absolute Gasteiger partial charge is 0.396 e. The van der Waals surface area contributed by atoms with Crippen LogP contribution in [-0.4, -0.2) is 26.2 Å². The molecule has 0 spiro atoms. The number of rotatable bonds is 7. The minimum absolute atomic E-state index is 0.0337. The predicted molar refractivity (Wildman–Crippen MR) is 67.9 cm³/mol. The van der Waals surface area contributed by atoms with Crippen LogP contribution >= 0.6 is 0 Å². The monoisotopic (exact) mass is 293 g/mol. The Morgan fingerprint density at radius 3 is 2.42 bits per heavy atom. The average molecular weight is 293 g/mol. The van der Waals surface area contributed by atoms with Crippen molar-refractivity contribution in [3.05, 3.63) is 35.4 Å². The molecule has 1 rings (SSSR count). The molecular weight excluding hydrogens is 276 g/mol. The van der Waals surface area contributed by atoms with Crippen LogP contribution in [0.5, 0.6) is 0 Å². The van der Waals surface area contributed by atoms with Crippen molar-refractivity contribution >= 4 is 10.0 Å².